The Morgan fingerprint density at radius 2 is 2.44 bits per heavy atom. The first-order valence-corrected chi connectivity index (χ1v) is 6.22. The highest BCUT2D eigenvalue weighted by Crippen LogP contribution is 2.18. The largest absolute Gasteiger partial charge is 0.491 e. The van der Waals surface area contributed by atoms with Crippen LogP contribution in [0.5, 0.6) is 5.75 Å². The number of morpholine rings is 1. The molecule has 1 aliphatic heterocycles. The maximum atomic E-state index is 5.69. The minimum atomic E-state index is 0.178. The fourth-order valence-corrected chi connectivity index (χ4v) is 2.09. The number of nitrogens with zero attached hydrogens (tertiary/aromatic N) is 1. The number of rotatable bonds is 3. The van der Waals surface area contributed by atoms with Gasteiger partial charge in [0.1, 0.15) is 18.5 Å². The number of halogens is 1. The molecule has 0 bridgehead atoms. The summed E-state index contributed by atoms with van der Waals surface area (Å²) in [6.45, 7) is 3.35. The maximum Gasteiger partial charge on any atom is 0.120 e. The molecule has 0 saturated carbocycles. The summed E-state index contributed by atoms with van der Waals surface area (Å²) in [6, 6.07) is 7.87. The summed E-state index contributed by atoms with van der Waals surface area (Å²) < 4.78 is 12.3. The second-order valence-electron chi connectivity index (χ2n) is 4.02. The minimum absolute atomic E-state index is 0.178. The van der Waals surface area contributed by atoms with Gasteiger partial charge in [-0.1, -0.05) is 22.0 Å². The molecule has 1 aliphatic rings. The predicted molar refractivity (Wildman–Crippen MR) is 66.9 cm³/mol. The zero-order chi connectivity index (χ0) is 11.4. The summed E-state index contributed by atoms with van der Waals surface area (Å²) >= 11 is 3.42. The zero-order valence-electron chi connectivity index (χ0n) is 9.36. The van der Waals surface area contributed by atoms with Gasteiger partial charge in [-0.05, 0) is 25.2 Å². The number of ether oxygens (including phenoxy) is 2. The second-order valence-corrected chi connectivity index (χ2v) is 4.94. The Kier molecular flexibility index (Phi) is 4.21. The van der Waals surface area contributed by atoms with Crippen molar-refractivity contribution < 1.29 is 9.47 Å². The van der Waals surface area contributed by atoms with E-state index < -0.39 is 0 Å². The van der Waals surface area contributed by atoms with Crippen LogP contribution in [0.1, 0.15) is 0 Å². The van der Waals surface area contributed by atoms with Crippen molar-refractivity contribution in [1.82, 2.24) is 4.90 Å². The molecule has 88 valence electrons. The molecule has 1 heterocycles. The molecule has 0 N–H and O–H groups in total. The average Bonchev–Trinajstić information content (AvgIpc) is 2.27. The van der Waals surface area contributed by atoms with Gasteiger partial charge in [-0.15, -0.1) is 0 Å². The van der Waals surface area contributed by atoms with E-state index >= 15 is 0 Å². The lowest BCUT2D eigenvalue weighted by Gasteiger charge is -2.29. The van der Waals surface area contributed by atoms with Crippen LogP contribution in [0.3, 0.4) is 0 Å². The first-order valence-electron chi connectivity index (χ1n) is 5.42. The first kappa shape index (κ1) is 11.9. The van der Waals surface area contributed by atoms with Crippen molar-refractivity contribution in [2.75, 3.05) is 33.4 Å². The molecule has 1 atom stereocenters. The minimum Gasteiger partial charge on any atom is -0.491 e. The van der Waals surface area contributed by atoms with Crippen LogP contribution in [0.15, 0.2) is 28.7 Å². The normalized spacial score (nSPS) is 22.0. The van der Waals surface area contributed by atoms with Crippen molar-refractivity contribution in [3.63, 3.8) is 0 Å². The summed E-state index contributed by atoms with van der Waals surface area (Å²) in [5, 5.41) is 0. The van der Waals surface area contributed by atoms with E-state index in [4.69, 9.17) is 9.47 Å². The van der Waals surface area contributed by atoms with Gasteiger partial charge in [0.2, 0.25) is 0 Å². The highest BCUT2D eigenvalue weighted by atomic mass is 79.9. The number of benzene rings is 1. The van der Waals surface area contributed by atoms with Gasteiger partial charge in [-0.2, -0.15) is 0 Å². The van der Waals surface area contributed by atoms with Crippen molar-refractivity contribution in [3.8, 4) is 5.75 Å². The molecular weight excluding hydrogens is 270 g/mol. The lowest BCUT2D eigenvalue weighted by atomic mass is 10.3. The second kappa shape index (κ2) is 5.66. The molecular formula is C12H16BrNO2. The first-order chi connectivity index (χ1) is 7.74. The van der Waals surface area contributed by atoms with Crippen molar-refractivity contribution in [1.29, 1.82) is 0 Å². The van der Waals surface area contributed by atoms with E-state index in [2.05, 4.69) is 27.9 Å². The average molecular weight is 286 g/mol. The van der Waals surface area contributed by atoms with Crippen LogP contribution in [-0.2, 0) is 4.74 Å². The van der Waals surface area contributed by atoms with E-state index in [0.29, 0.717) is 6.61 Å². The van der Waals surface area contributed by atoms with Crippen LogP contribution in [0.4, 0.5) is 0 Å². The highest BCUT2D eigenvalue weighted by Gasteiger charge is 2.18. The van der Waals surface area contributed by atoms with Crippen molar-refractivity contribution in [2.45, 2.75) is 6.10 Å². The van der Waals surface area contributed by atoms with Crippen LogP contribution >= 0.6 is 15.9 Å². The van der Waals surface area contributed by atoms with Gasteiger partial charge in [0, 0.05) is 17.6 Å². The summed E-state index contributed by atoms with van der Waals surface area (Å²) in [5.74, 6) is 0.881. The van der Waals surface area contributed by atoms with Gasteiger partial charge < -0.3 is 14.4 Å². The van der Waals surface area contributed by atoms with Crippen molar-refractivity contribution in [3.05, 3.63) is 28.7 Å². The standard InChI is InChI=1S/C12H16BrNO2/c1-14-5-6-15-12(8-14)9-16-11-4-2-3-10(13)7-11/h2-4,7,12H,5-6,8-9H2,1H3/t12-/m1/s1. The summed E-state index contributed by atoms with van der Waals surface area (Å²) in [5.41, 5.74) is 0. The molecule has 1 aromatic rings. The third kappa shape index (κ3) is 3.47. The van der Waals surface area contributed by atoms with Gasteiger partial charge in [-0.25, -0.2) is 0 Å². The van der Waals surface area contributed by atoms with Gasteiger partial charge >= 0.3 is 0 Å². The molecule has 0 unspecified atom stereocenters. The monoisotopic (exact) mass is 285 g/mol. The Hall–Kier alpha value is -0.580. The Morgan fingerprint density at radius 3 is 3.19 bits per heavy atom. The number of hydrogen-bond donors (Lipinski definition) is 0. The Bertz CT molecular complexity index is 346. The topological polar surface area (TPSA) is 21.7 Å². The molecule has 1 aromatic carbocycles. The SMILES string of the molecule is CN1CCO[C@@H](COc2cccc(Br)c2)C1. The smallest absolute Gasteiger partial charge is 0.120 e. The molecule has 1 fully saturated rings. The maximum absolute atomic E-state index is 5.69. The quantitative estimate of drug-likeness (QED) is 0.850. The van der Waals surface area contributed by atoms with Crippen LogP contribution in [0.2, 0.25) is 0 Å². The van der Waals surface area contributed by atoms with E-state index in [-0.39, 0.29) is 6.10 Å². The van der Waals surface area contributed by atoms with E-state index in [1.165, 1.54) is 0 Å². The molecule has 2 rings (SSSR count). The fourth-order valence-electron chi connectivity index (χ4n) is 1.71. The Balaban J connectivity index is 1.82. The third-order valence-electron chi connectivity index (χ3n) is 2.57. The molecule has 0 aliphatic carbocycles. The van der Waals surface area contributed by atoms with Crippen molar-refractivity contribution in [2.24, 2.45) is 0 Å². The highest BCUT2D eigenvalue weighted by molar-refractivity contribution is 9.10. The van der Waals surface area contributed by atoms with Crippen LogP contribution in [0, 0.1) is 0 Å². The summed E-state index contributed by atoms with van der Waals surface area (Å²) in [4.78, 5) is 2.26. The lowest BCUT2D eigenvalue weighted by Crippen LogP contribution is -2.42. The molecule has 0 spiro atoms. The third-order valence-corrected chi connectivity index (χ3v) is 3.07. The molecule has 0 radical (unpaired) electrons. The Labute approximate surface area is 104 Å². The van der Waals surface area contributed by atoms with Gasteiger partial charge in [0.15, 0.2) is 0 Å². The van der Waals surface area contributed by atoms with E-state index in [1.54, 1.807) is 0 Å². The van der Waals surface area contributed by atoms with Crippen LogP contribution in [0.25, 0.3) is 0 Å². The molecule has 16 heavy (non-hydrogen) atoms. The zero-order valence-corrected chi connectivity index (χ0v) is 10.9. The molecule has 0 aromatic heterocycles. The van der Waals surface area contributed by atoms with E-state index in [0.717, 1.165) is 29.9 Å². The Morgan fingerprint density at radius 1 is 1.56 bits per heavy atom. The van der Waals surface area contributed by atoms with Crippen molar-refractivity contribution >= 4 is 15.9 Å². The summed E-state index contributed by atoms with van der Waals surface area (Å²) in [6.07, 6.45) is 0.178. The fraction of sp³-hybridized carbons (Fsp3) is 0.500. The number of likely N-dealkylation sites (N-methyl/N-ethyl adjacent to an activating group) is 1. The molecule has 3 nitrogen and oxygen atoms in total. The van der Waals surface area contributed by atoms with Gasteiger partial charge in [-0.3, -0.25) is 0 Å². The van der Waals surface area contributed by atoms with E-state index in [1.807, 2.05) is 24.3 Å². The van der Waals surface area contributed by atoms with Gasteiger partial charge in [0.25, 0.3) is 0 Å². The van der Waals surface area contributed by atoms with Crippen LogP contribution in [-0.4, -0.2) is 44.4 Å². The lowest BCUT2D eigenvalue weighted by molar-refractivity contribution is -0.0403. The molecule has 0 amide bonds. The number of hydrogen-bond acceptors (Lipinski definition) is 3. The van der Waals surface area contributed by atoms with E-state index in [9.17, 15) is 0 Å². The molecule has 4 heteroatoms. The predicted octanol–water partition coefficient (Wildman–Crippen LogP) is 2.16. The van der Waals surface area contributed by atoms with Crippen LogP contribution < -0.4 is 4.74 Å². The summed E-state index contributed by atoms with van der Waals surface area (Å²) in [7, 11) is 2.11. The van der Waals surface area contributed by atoms with Gasteiger partial charge in [0.05, 0.1) is 6.61 Å². The molecule has 1 saturated heterocycles.